The second-order valence-electron chi connectivity index (χ2n) is 11.6. The van der Waals surface area contributed by atoms with E-state index in [1.807, 2.05) is 6.08 Å². The number of aliphatic hydroxyl groups excluding tert-OH is 2. The molecule has 4 nitrogen and oxygen atoms in total. The molecule has 0 spiro atoms. The Labute approximate surface area is 237 Å². The van der Waals surface area contributed by atoms with Gasteiger partial charge in [0.05, 0.1) is 18.8 Å². The Morgan fingerprint density at radius 1 is 0.605 bits per heavy atom. The van der Waals surface area contributed by atoms with Crippen LogP contribution in [-0.4, -0.2) is 34.9 Å². The fourth-order valence-corrected chi connectivity index (χ4v) is 5.12. The van der Waals surface area contributed by atoms with Gasteiger partial charge in [-0.05, 0) is 19.3 Å². The van der Waals surface area contributed by atoms with Gasteiger partial charge in [-0.2, -0.15) is 0 Å². The molecule has 0 saturated carbocycles. The molecule has 0 aromatic carbocycles. The molecular weight excluding hydrogens is 470 g/mol. The summed E-state index contributed by atoms with van der Waals surface area (Å²) in [4.78, 5) is 12.2. The topological polar surface area (TPSA) is 69.6 Å². The third kappa shape index (κ3) is 26.7. The maximum Gasteiger partial charge on any atom is 0.220 e. The van der Waals surface area contributed by atoms with Crippen molar-refractivity contribution in [3.63, 3.8) is 0 Å². The van der Waals surface area contributed by atoms with E-state index in [1.165, 1.54) is 135 Å². The van der Waals surface area contributed by atoms with E-state index in [-0.39, 0.29) is 12.5 Å². The molecule has 226 valence electrons. The number of unbranched alkanes of at least 4 members (excludes halogenated alkanes) is 23. The minimum Gasteiger partial charge on any atom is -0.394 e. The van der Waals surface area contributed by atoms with Crippen LogP contribution < -0.4 is 5.32 Å². The standard InChI is InChI=1S/C34H67NO3/c1-3-5-7-9-11-13-15-17-18-19-21-23-25-27-29-33(37)32(31-36)35-34(38)30-28-26-24-22-20-16-14-12-10-8-6-4-2/h27,29,32-33,36-37H,3-26,28,30-31H2,1-2H3,(H,35,38)/b29-27+/t32-,33+/m0/s1. The van der Waals surface area contributed by atoms with Crippen LogP contribution in [0.1, 0.15) is 181 Å². The van der Waals surface area contributed by atoms with Gasteiger partial charge in [-0.1, -0.05) is 167 Å². The molecule has 0 aliphatic carbocycles. The van der Waals surface area contributed by atoms with Crippen molar-refractivity contribution in [1.82, 2.24) is 5.32 Å². The molecule has 38 heavy (non-hydrogen) atoms. The van der Waals surface area contributed by atoms with Gasteiger partial charge in [0, 0.05) is 6.42 Å². The molecule has 2 atom stereocenters. The lowest BCUT2D eigenvalue weighted by molar-refractivity contribution is -0.123. The fraction of sp³-hybridized carbons (Fsp3) is 0.912. The van der Waals surface area contributed by atoms with Crippen molar-refractivity contribution in [3.8, 4) is 0 Å². The van der Waals surface area contributed by atoms with E-state index < -0.39 is 12.1 Å². The minimum atomic E-state index is -0.830. The van der Waals surface area contributed by atoms with Gasteiger partial charge in [0.15, 0.2) is 0 Å². The van der Waals surface area contributed by atoms with Gasteiger partial charge in [-0.25, -0.2) is 0 Å². The Hall–Kier alpha value is -0.870. The number of carbonyl (C=O) groups is 1. The van der Waals surface area contributed by atoms with Crippen LogP contribution in [-0.2, 0) is 4.79 Å². The predicted octanol–water partition coefficient (Wildman–Crippen LogP) is 9.56. The SMILES string of the molecule is CCCCCCCCCCCCCC/C=C/[C@@H](O)[C@H](CO)NC(=O)CCCCCCCCCCCCCC. The average Bonchev–Trinajstić information content (AvgIpc) is 2.92. The van der Waals surface area contributed by atoms with Crippen LogP contribution in [0, 0.1) is 0 Å². The summed E-state index contributed by atoms with van der Waals surface area (Å²) in [6, 6.07) is -0.613. The first kappa shape index (κ1) is 37.1. The number of rotatable bonds is 30. The second-order valence-corrected chi connectivity index (χ2v) is 11.6. The molecule has 0 unspecified atom stereocenters. The monoisotopic (exact) mass is 538 g/mol. The van der Waals surface area contributed by atoms with E-state index in [9.17, 15) is 15.0 Å². The van der Waals surface area contributed by atoms with Gasteiger partial charge in [-0.15, -0.1) is 0 Å². The van der Waals surface area contributed by atoms with Crippen molar-refractivity contribution in [2.75, 3.05) is 6.61 Å². The van der Waals surface area contributed by atoms with Gasteiger partial charge in [-0.3, -0.25) is 4.79 Å². The molecule has 0 fully saturated rings. The molecule has 3 N–H and O–H groups in total. The molecule has 0 aliphatic heterocycles. The van der Waals surface area contributed by atoms with Crippen molar-refractivity contribution in [1.29, 1.82) is 0 Å². The number of hydrogen-bond acceptors (Lipinski definition) is 3. The van der Waals surface area contributed by atoms with Gasteiger partial charge >= 0.3 is 0 Å². The zero-order valence-electron chi connectivity index (χ0n) is 25.7. The van der Waals surface area contributed by atoms with Crippen molar-refractivity contribution in [2.45, 2.75) is 193 Å². The first-order chi connectivity index (χ1) is 18.7. The number of hydrogen-bond donors (Lipinski definition) is 3. The van der Waals surface area contributed by atoms with Crippen LogP contribution in [0.15, 0.2) is 12.2 Å². The number of aliphatic hydroxyl groups is 2. The predicted molar refractivity (Wildman–Crippen MR) is 166 cm³/mol. The van der Waals surface area contributed by atoms with E-state index >= 15 is 0 Å². The van der Waals surface area contributed by atoms with E-state index in [2.05, 4.69) is 19.2 Å². The molecule has 0 saturated heterocycles. The van der Waals surface area contributed by atoms with E-state index in [1.54, 1.807) is 6.08 Å². The highest BCUT2D eigenvalue weighted by molar-refractivity contribution is 5.76. The van der Waals surface area contributed by atoms with Gasteiger partial charge in [0.1, 0.15) is 0 Å². The molecule has 1 amide bonds. The number of amides is 1. The molecule has 4 heteroatoms. The number of carbonyl (C=O) groups excluding carboxylic acids is 1. The Kier molecular flexibility index (Phi) is 30.0. The van der Waals surface area contributed by atoms with Crippen LogP contribution in [0.3, 0.4) is 0 Å². The van der Waals surface area contributed by atoms with Crippen molar-refractivity contribution < 1.29 is 15.0 Å². The van der Waals surface area contributed by atoms with Crippen molar-refractivity contribution in [2.24, 2.45) is 0 Å². The van der Waals surface area contributed by atoms with Crippen LogP contribution >= 0.6 is 0 Å². The highest BCUT2D eigenvalue weighted by Gasteiger charge is 2.17. The highest BCUT2D eigenvalue weighted by Crippen LogP contribution is 2.14. The summed E-state index contributed by atoms with van der Waals surface area (Å²) in [5.74, 6) is -0.0652. The zero-order valence-corrected chi connectivity index (χ0v) is 25.7. The summed E-state index contributed by atoms with van der Waals surface area (Å²) in [7, 11) is 0. The third-order valence-corrected chi connectivity index (χ3v) is 7.77. The van der Waals surface area contributed by atoms with E-state index in [0.29, 0.717) is 6.42 Å². The minimum absolute atomic E-state index is 0.0652. The maximum absolute atomic E-state index is 12.2. The lowest BCUT2D eigenvalue weighted by Gasteiger charge is -2.20. The summed E-state index contributed by atoms with van der Waals surface area (Å²) in [6.45, 7) is 4.29. The summed E-state index contributed by atoms with van der Waals surface area (Å²) >= 11 is 0. The fourth-order valence-electron chi connectivity index (χ4n) is 5.12. The Balaban J connectivity index is 3.63. The number of nitrogens with one attached hydrogen (secondary N) is 1. The molecule has 0 radical (unpaired) electrons. The number of allylic oxidation sites excluding steroid dienone is 1. The third-order valence-electron chi connectivity index (χ3n) is 7.77. The first-order valence-electron chi connectivity index (χ1n) is 16.9. The van der Waals surface area contributed by atoms with E-state index in [4.69, 9.17) is 0 Å². The molecular formula is C34H67NO3. The van der Waals surface area contributed by atoms with Crippen LogP contribution in [0.25, 0.3) is 0 Å². The lowest BCUT2D eigenvalue weighted by Crippen LogP contribution is -2.45. The summed E-state index contributed by atoms with van der Waals surface area (Å²) in [5, 5.41) is 22.8. The van der Waals surface area contributed by atoms with Crippen LogP contribution in [0.2, 0.25) is 0 Å². The Morgan fingerprint density at radius 2 is 0.974 bits per heavy atom. The Morgan fingerprint density at radius 3 is 1.37 bits per heavy atom. The van der Waals surface area contributed by atoms with Crippen molar-refractivity contribution in [3.05, 3.63) is 12.2 Å². The highest BCUT2D eigenvalue weighted by atomic mass is 16.3. The largest absolute Gasteiger partial charge is 0.394 e. The normalized spacial score (nSPS) is 13.3. The molecule has 0 rings (SSSR count). The average molecular weight is 538 g/mol. The molecule has 0 bridgehead atoms. The van der Waals surface area contributed by atoms with Crippen molar-refractivity contribution >= 4 is 5.91 Å². The zero-order chi connectivity index (χ0) is 27.9. The van der Waals surface area contributed by atoms with Crippen LogP contribution in [0.5, 0.6) is 0 Å². The summed E-state index contributed by atoms with van der Waals surface area (Å²) < 4.78 is 0. The smallest absolute Gasteiger partial charge is 0.220 e. The maximum atomic E-state index is 12.2. The summed E-state index contributed by atoms with van der Waals surface area (Å²) in [6.07, 6.45) is 35.7. The molecule has 0 aromatic heterocycles. The second kappa shape index (κ2) is 30.7. The van der Waals surface area contributed by atoms with Crippen LogP contribution in [0.4, 0.5) is 0 Å². The lowest BCUT2D eigenvalue weighted by atomic mass is 10.0. The molecule has 0 heterocycles. The Bertz CT molecular complexity index is 508. The molecule has 0 aliphatic rings. The summed E-state index contributed by atoms with van der Waals surface area (Å²) in [5.41, 5.74) is 0. The van der Waals surface area contributed by atoms with E-state index in [0.717, 1.165) is 25.7 Å². The van der Waals surface area contributed by atoms with Gasteiger partial charge < -0.3 is 15.5 Å². The van der Waals surface area contributed by atoms with Gasteiger partial charge in [0.25, 0.3) is 0 Å². The quantitative estimate of drug-likeness (QED) is 0.0631. The molecule has 0 aromatic rings. The first-order valence-corrected chi connectivity index (χ1v) is 16.9. The van der Waals surface area contributed by atoms with Gasteiger partial charge in [0.2, 0.25) is 5.91 Å².